The first kappa shape index (κ1) is 9.90. The topological polar surface area (TPSA) is 46.2 Å². The summed E-state index contributed by atoms with van der Waals surface area (Å²) in [5.74, 6) is -0.474. The van der Waals surface area contributed by atoms with E-state index in [2.05, 4.69) is 5.32 Å². The summed E-state index contributed by atoms with van der Waals surface area (Å²) in [5, 5.41) is 2.32. The van der Waals surface area contributed by atoms with E-state index in [1.54, 1.807) is 0 Å². The second-order valence-corrected chi connectivity index (χ2v) is 4.00. The number of nitrogens with one attached hydrogen (secondary N) is 1. The van der Waals surface area contributed by atoms with Crippen LogP contribution in [0.15, 0.2) is 24.3 Å². The molecule has 1 aliphatic rings. The van der Waals surface area contributed by atoms with Crippen LogP contribution in [0.2, 0.25) is 0 Å². The van der Waals surface area contributed by atoms with E-state index >= 15 is 0 Å². The second-order valence-electron chi connectivity index (χ2n) is 4.00. The molecule has 1 heterocycles. The molecular formula is C12H13NO2. The summed E-state index contributed by atoms with van der Waals surface area (Å²) in [6, 6.07) is 8.05. The molecule has 2 rings (SSSR count). The Morgan fingerprint density at radius 2 is 1.93 bits per heavy atom. The largest absolute Gasteiger partial charge is 0.296 e. The molecule has 78 valence electrons. The number of hydrogen-bond donors (Lipinski definition) is 1. The van der Waals surface area contributed by atoms with Gasteiger partial charge in [-0.3, -0.25) is 14.9 Å². The normalized spacial score (nSPS) is 20.5. The molecule has 1 atom stereocenters. The van der Waals surface area contributed by atoms with Crippen molar-refractivity contribution in [1.29, 1.82) is 0 Å². The molecule has 3 nitrogen and oxygen atoms in total. The van der Waals surface area contributed by atoms with E-state index in [9.17, 15) is 9.59 Å². The minimum absolute atomic E-state index is 0.138. The summed E-state index contributed by atoms with van der Waals surface area (Å²) >= 11 is 0. The van der Waals surface area contributed by atoms with Gasteiger partial charge in [-0.1, -0.05) is 29.8 Å². The van der Waals surface area contributed by atoms with Crippen molar-refractivity contribution >= 4 is 11.8 Å². The highest BCUT2D eigenvalue weighted by molar-refractivity contribution is 6.03. The number of aryl methyl sites for hydroxylation is 1. The Morgan fingerprint density at radius 3 is 2.47 bits per heavy atom. The third-order valence-electron chi connectivity index (χ3n) is 2.67. The van der Waals surface area contributed by atoms with Gasteiger partial charge in [0.15, 0.2) is 0 Å². The van der Waals surface area contributed by atoms with Crippen LogP contribution in [0, 0.1) is 12.8 Å². The average molecular weight is 203 g/mol. The number of carbonyl (C=O) groups excluding carboxylic acids is 2. The smallest absolute Gasteiger partial charge is 0.230 e. The quantitative estimate of drug-likeness (QED) is 0.734. The van der Waals surface area contributed by atoms with Crippen LogP contribution in [0.25, 0.3) is 0 Å². The summed E-state index contributed by atoms with van der Waals surface area (Å²) in [4.78, 5) is 22.3. The highest BCUT2D eigenvalue weighted by Gasteiger charge is 2.30. The first-order chi connectivity index (χ1) is 7.15. The number of hydrogen-bond acceptors (Lipinski definition) is 2. The molecule has 0 unspecified atom stereocenters. The monoisotopic (exact) mass is 203 g/mol. The van der Waals surface area contributed by atoms with Crippen LogP contribution in [-0.4, -0.2) is 11.8 Å². The van der Waals surface area contributed by atoms with Gasteiger partial charge in [-0.05, 0) is 18.9 Å². The van der Waals surface area contributed by atoms with Gasteiger partial charge in [0.2, 0.25) is 11.8 Å². The van der Waals surface area contributed by atoms with E-state index in [4.69, 9.17) is 0 Å². The third kappa shape index (κ3) is 2.24. The fraction of sp³-hybridized carbons (Fsp3) is 0.333. The average Bonchev–Trinajstić information content (AvgIpc) is 2.49. The lowest BCUT2D eigenvalue weighted by Gasteiger charge is -2.05. The zero-order chi connectivity index (χ0) is 10.8. The molecule has 3 heteroatoms. The van der Waals surface area contributed by atoms with Crippen molar-refractivity contribution in [2.75, 3.05) is 0 Å². The number of rotatable bonds is 2. The Morgan fingerprint density at radius 1 is 1.27 bits per heavy atom. The third-order valence-corrected chi connectivity index (χ3v) is 2.67. The molecule has 1 aromatic rings. The lowest BCUT2D eigenvalue weighted by atomic mass is 9.97. The van der Waals surface area contributed by atoms with Crippen molar-refractivity contribution in [3.8, 4) is 0 Å². The van der Waals surface area contributed by atoms with Crippen molar-refractivity contribution in [2.45, 2.75) is 19.8 Å². The summed E-state index contributed by atoms with van der Waals surface area (Å²) in [5.41, 5.74) is 2.31. The van der Waals surface area contributed by atoms with E-state index in [1.807, 2.05) is 31.2 Å². The molecule has 2 amide bonds. The molecule has 1 saturated heterocycles. The van der Waals surface area contributed by atoms with Crippen molar-refractivity contribution in [3.05, 3.63) is 35.4 Å². The molecule has 1 N–H and O–H groups in total. The first-order valence-corrected chi connectivity index (χ1v) is 5.04. The van der Waals surface area contributed by atoms with E-state index < -0.39 is 0 Å². The van der Waals surface area contributed by atoms with Crippen LogP contribution in [-0.2, 0) is 16.0 Å². The summed E-state index contributed by atoms with van der Waals surface area (Å²) in [7, 11) is 0. The van der Waals surface area contributed by atoms with Gasteiger partial charge in [0, 0.05) is 6.42 Å². The molecule has 0 bridgehead atoms. The second kappa shape index (κ2) is 3.85. The van der Waals surface area contributed by atoms with E-state index in [0.717, 1.165) is 5.56 Å². The van der Waals surface area contributed by atoms with Crippen molar-refractivity contribution in [1.82, 2.24) is 5.32 Å². The number of carbonyl (C=O) groups is 2. The molecule has 0 radical (unpaired) electrons. The highest BCUT2D eigenvalue weighted by Crippen LogP contribution is 2.17. The summed E-state index contributed by atoms with van der Waals surface area (Å²) < 4.78 is 0. The lowest BCUT2D eigenvalue weighted by Crippen LogP contribution is -2.22. The summed E-state index contributed by atoms with van der Waals surface area (Å²) in [6.45, 7) is 2.02. The van der Waals surface area contributed by atoms with E-state index in [1.165, 1.54) is 5.56 Å². The van der Waals surface area contributed by atoms with Gasteiger partial charge in [-0.15, -0.1) is 0 Å². The van der Waals surface area contributed by atoms with Crippen LogP contribution < -0.4 is 5.32 Å². The molecule has 0 saturated carbocycles. The van der Waals surface area contributed by atoms with Crippen LogP contribution in [0.5, 0.6) is 0 Å². The number of imide groups is 1. The van der Waals surface area contributed by atoms with Crippen molar-refractivity contribution in [3.63, 3.8) is 0 Å². The maximum atomic E-state index is 11.3. The molecule has 0 aliphatic carbocycles. The van der Waals surface area contributed by atoms with Crippen LogP contribution in [0.4, 0.5) is 0 Å². The zero-order valence-corrected chi connectivity index (χ0v) is 8.62. The maximum absolute atomic E-state index is 11.3. The van der Waals surface area contributed by atoms with Gasteiger partial charge in [0.25, 0.3) is 0 Å². The Labute approximate surface area is 88.5 Å². The molecule has 1 aliphatic heterocycles. The van der Waals surface area contributed by atoms with Crippen molar-refractivity contribution in [2.24, 2.45) is 5.92 Å². The Hall–Kier alpha value is -1.64. The van der Waals surface area contributed by atoms with Crippen LogP contribution in [0.3, 0.4) is 0 Å². The number of amides is 2. The van der Waals surface area contributed by atoms with Crippen LogP contribution in [0.1, 0.15) is 17.5 Å². The van der Waals surface area contributed by atoms with Crippen LogP contribution >= 0.6 is 0 Å². The number of benzene rings is 1. The molecular weight excluding hydrogens is 190 g/mol. The first-order valence-electron chi connectivity index (χ1n) is 5.04. The fourth-order valence-corrected chi connectivity index (χ4v) is 1.78. The zero-order valence-electron chi connectivity index (χ0n) is 8.62. The molecule has 0 aromatic heterocycles. The fourth-order valence-electron chi connectivity index (χ4n) is 1.78. The molecule has 0 spiro atoms. The predicted molar refractivity (Wildman–Crippen MR) is 56.1 cm³/mol. The van der Waals surface area contributed by atoms with Gasteiger partial charge >= 0.3 is 0 Å². The minimum Gasteiger partial charge on any atom is -0.296 e. The molecule has 15 heavy (non-hydrogen) atoms. The Balaban J connectivity index is 2.06. The molecule has 1 fully saturated rings. The Kier molecular flexibility index (Phi) is 2.54. The van der Waals surface area contributed by atoms with Gasteiger partial charge in [0.05, 0.1) is 5.92 Å². The van der Waals surface area contributed by atoms with E-state index in [0.29, 0.717) is 12.8 Å². The van der Waals surface area contributed by atoms with Gasteiger partial charge in [-0.25, -0.2) is 0 Å². The SMILES string of the molecule is Cc1ccc(C[C@H]2CC(=O)NC2=O)cc1. The predicted octanol–water partition coefficient (Wildman–Crippen LogP) is 1.20. The maximum Gasteiger partial charge on any atom is 0.230 e. The van der Waals surface area contributed by atoms with Gasteiger partial charge in [0.1, 0.15) is 0 Å². The Bertz CT molecular complexity index is 395. The van der Waals surface area contributed by atoms with E-state index in [-0.39, 0.29) is 17.7 Å². The van der Waals surface area contributed by atoms with Gasteiger partial charge < -0.3 is 0 Å². The minimum atomic E-state index is -0.180. The highest BCUT2D eigenvalue weighted by atomic mass is 16.2. The summed E-state index contributed by atoms with van der Waals surface area (Å²) in [6.07, 6.45) is 0.977. The molecule has 1 aromatic carbocycles. The van der Waals surface area contributed by atoms with Gasteiger partial charge in [-0.2, -0.15) is 0 Å². The lowest BCUT2D eigenvalue weighted by molar-refractivity contribution is -0.125. The van der Waals surface area contributed by atoms with Crippen molar-refractivity contribution < 1.29 is 9.59 Å². The standard InChI is InChI=1S/C12H13NO2/c1-8-2-4-9(5-3-8)6-10-7-11(14)13-12(10)15/h2-5,10H,6-7H2,1H3,(H,13,14,15)/t10-/m0/s1.